The molecule has 0 aliphatic carbocycles. The number of aliphatic hydroxyl groups excluding tert-OH is 1. The molecule has 0 fully saturated rings. The first-order valence-corrected chi connectivity index (χ1v) is 5.98. The normalized spacial score (nSPS) is 21.0. The van der Waals surface area contributed by atoms with Gasteiger partial charge in [-0.25, -0.2) is 0 Å². The molecule has 0 saturated carbocycles. The third-order valence-corrected chi connectivity index (χ3v) is 3.25. The van der Waals surface area contributed by atoms with Crippen molar-refractivity contribution in [2.45, 2.75) is 12.6 Å². The number of ether oxygens (including phenoxy) is 1. The predicted molar refractivity (Wildman–Crippen MR) is 70.6 cm³/mol. The molecule has 1 unspecified atom stereocenters. The molecule has 0 aromatic heterocycles. The van der Waals surface area contributed by atoms with Gasteiger partial charge >= 0.3 is 0 Å². The van der Waals surface area contributed by atoms with Crippen molar-refractivity contribution in [3.63, 3.8) is 0 Å². The first-order valence-electron chi connectivity index (χ1n) is 5.98. The Balaban J connectivity index is 2.02. The van der Waals surface area contributed by atoms with Gasteiger partial charge in [-0.3, -0.25) is 0 Å². The Morgan fingerprint density at radius 3 is 2.50 bits per heavy atom. The fraction of sp³-hybridized carbons (Fsp3) is 0.200. The molecule has 0 spiro atoms. The Labute approximate surface area is 106 Å². The molecule has 92 valence electrons. The van der Waals surface area contributed by atoms with E-state index >= 15 is 0 Å². The summed E-state index contributed by atoms with van der Waals surface area (Å²) in [7, 11) is 0. The first-order chi connectivity index (χ1) is 8.73. The molecular formula is C15H15NO2. The smallest absolute Gasteiger partial charge is 0.230 e. The SMILES string of the molecule is Cc1ccc(C2(CO)Nc3ccccc3O2)cc1. The molecule has 0 saturated heterocycles. The minimum Gasteiger partial charge on any atom is -0.459 e. The molecule has 1 heterocycles. The largest absolute Gasteiger partial charge is 0.459 e. The van der Waals surface area contributed by atoms with Crippen LogP contribution >= 0.6 is 0 Å². The Morgan fingerprint density at radius 1 is 1.11 bits per heavy atom. The maximum atomic E-state index is 9.72. The highest BCUT2D eigenvalue weighted by Crippen LogP contribution is 2.41. The van der Waals surface area contributed by atoms with E-state index in [0.29, 0.717) is 0 Å². The van der Waals surface area contributed by atoms with Crippen LogP contribution in [0.1, 0.15) is 11.1 Å². The van der Waals surface area contributed by atoms with E-state index in [1.165, 1.54) is 5.56 Å². The van der Waals surface area contributed by atoms with Crippen LogP contribution in [0.3, 0.4) is 0 Å². The first kappa shape index (κ1) is 11.1. The van der Waals surface area contributed by atoms with Gasteiger partial charge in [0.1, 0.15) is 12.4 Å². The summed E-state index contributed by atoms with van der Waals surface area (Å²) in [5, 5.41) is 13.0. The van der Waals surface area contributed by atoms with Gasteiger partial charge in [0.25, 0.3) is 0 Å². The van der Waals surface area contributed by atoms with Crippen LogP contribution in [0.25, 0.3) is 0 Å². The lowest BCUT2D eigenvalue weighted by atomic mass is 10.0. The van der Waals surface area contributed by atoms with Crippen LogP contribution in [0.5, 0.6) is 5.75 Å². The third kappa shape index (κ3) is 1.64. The third-order valence-electron chi connectivity index (χ3n) is 3.25. The Hall–Kier alpha value is -2.00. The van der Waals surface area contributed by atoms with E-state index in [2.05, 4.69) is 5.32 Å². The van der Waals surface area contributed by atoms with E-state index in [1.807, 2.05) is 55.5 Å². The number of fused-ring (bicyclic) bond motifs is 1. The quantitative estimate of drug-likeness (QED) is 0.849. The van der Waals surface area contributed by atoms with E-state index in [4.69, 9.17) is 4.74 Å². The van der Waals surface area contributed by atoms with E-state index in [1.54, 1.807) is 0 Å². The molecule has 2 aromatic rings. The highest BCUT2D eigenvalue weighted by Gasteiger charge is 2.39. The number of hydrogen-bond acceptors (Lipinski definition) is 3. The van der Waals surface area contributed by atoms with Crippen LogP contribution in [0.2, 0.25) is 0 Å². The van der Waals surface area contributed by atoms with Crippen molar-refractivity contribution in [2.24, 2.45) is 0 Å². The Morgan fingerprint density at radius 2 is 1.83 bits per heavy atom. The van der Waals surface area contributed by atoms with Crippen LogP contribution in [0.4, 0.5) is 5.69 Å². The summed E-state index contributed by atoms with van der Waals surface area (Å²) in [6, 6.07) is 15.7. The van der Waals surface area contributed by atoms with Gasteiger partial charge < -0.3 is 15.2 Å². The average Bonchev–Trinajstić information content (AvgIpc) is 2.79. The lowest BCUT2D eigenvalue weighted by molar-refractivity contribution is 0.0443. The van der Waals surface area contributed by atoms with Crippen LogP contribution in [-0.4, -0.2) is 11.7 Å². The molecule has 0 amide bonds. The lowest BCUT2D eigenvalue weighted by Gasteiger charge is -2.27. The second-order valence-corrected chi connectivity index (χ2v) is 4.57. The summed E-state index contributed by atoms with van der Waals surface area (Å²) in [4.78, 5) is 0. The summed E-state index contributed by atoms with van der Waals surface area (Å²) in [5.74, 6) is 0.770. The van der Waals surface area contributed by atoms with Crippen molar-refractivity contribution in [2.75, 3.05) is 11.9 Å². The highest BCUT2D eigenvalue weighted by atomic mass is 16.5. The predicted octanol–water partition coefficient (Wildman–Crippen LogP) is 2.64. The minimum atomic E-state index is -0.864. The van der Waals surface area contributed by atoms with Crippen molar-refractivity contribution in [1.82, 2.24) is 0 Å². The minimum absolute atomic E-state index is 0.120. The number of anilines is 1. The molecule has 2 N–H and O–H groups in total. The molecule has 0 bridgehead atoms. The fourth-order valence-corrected chi connectivity index (χ4v) is 2.21. The number of aliphatic hydroxyl groups is 1. The zero-order valence-corrected chi connectivity index (χ0v) is 10.2. The Bertz CT molecular complexity index is 538. The van der Waals surface area contributed by atoms with Crippen LogP contribution < -0.4 is 10.1 Å². The topological polar surface area (TPSA) is 41.5 Å². The van der Waals surface area contributed by atoms with Crippen molar-refractivity contribution in [3.8, 4) is 5.75 Å². The molecule has 1 atom stereocenters. The van der Waals surface area contributed by atoms with Crippen LogP contribution in [-0.2, 0) is 5.72 Å². The van der Waals surface area contributed by atoms with Crippen LogP contribution in [0, 0.1) is 6.92 Å². The van der Waals surface area contributed by atoms with Crippen LogP contribution in [0.15, 0.2) is 48.5 Å². The summed E-state index contributed by atoms with van der Waals surface area (Å²) in [6.45, 7) is 1.91. The van der Waals surface area contributed by atoms with Gasteiger partial charge in [0.05, 0.1) is 5.69 Å². The van der Waals surface area contributed by atoms with Crippen molar-refractivity contribution >= 4 is 5.69 Å². The summed E-state index contributed by atoms with van der Waals surface area (Å²) in [5.41, 5.74) is 2.15. The number of benzene rings is 2. The average molecular weight is 241 g/mol. The fourth-order valence-electron chi connectivity index (χ4n) is 2.21. The number of nitrogens with one attached hydrogen (secondary N) is 1. The zero-order valence-electron chi connectivity index (χ0n) is 10.2. The molecule has 1 aliphatic heterocycles. The van der Waals surface area contributed by atoms with Crippen molar-refractivity contribution < 1.29 is 9.84 Å². The second kappa shape index (κ2) is 4.03. The van der Waals surface area contributed by atoms with Gasteiger partial charge in [0, 0.05) is 5.56 Å². The highest BCUT2D eigenvalue weighted by molar-refractivity contribution is 5.62. The number of para-hydroxylation sites is 2. The lowest BCUT2D eigenvalue weighted by Crippen LogP contribution is -2.40. The maximum Gasteiger partial charge on any atom is 0.230 e. The van der Waals surface area contributed by atoms with Gasteiger partial charge in [-0.1, -0.05) is 42.0 Å². The van der Waals surface area contributed by atoms with Crippen molar-refractivity contribution in [1.29, 1.82) is 0 Å². The number of aryl methyl sites for hydroxylation is 1. The summed E-state index contributed by atoms with van der Waals surface area (Å²) >= 11 is 0. The standard InChI is InChI=1S/C15H15NO2/c1-11-6-8-12(9-7-11)15(10-17)16-13-4-2-3-5-14(13)18-15/h2-9,16-17H,10H2,1H3. The van der Waals surface area contributed by atoms with Gasteiger partial charge in [-0.2, -0.15) is 0 Å². The molecular weight excluding hydrogens is 226 g/mol. The van der Waals surface area contributed by atoms with E-state index < -0.39 is 5.72 Å². The Kier molecular flexibility index (Phi) is 2.49. The van der Waals surface area contributed by atoms with E-state index in [0.717, 1.165) is 17.0 Å². The summed E-state index contributed by atoms with van der Waals surface area (Å²) in [6.07, 6.45) is 0. The zero-order chi connectivity index (χ0) is 12.6. The van der Waals surface area contributed by atoms with Gasteiger partial charge in [0.15, 0.2) is 0 Å². The number of rotatable bonds is 2. The monoisotopic (exact) mass is 241 g/mol. The van der Waals surface area contributed by atoms with E-state index in [9.17, 15) is 5.11 Å². The molecule has 0 radical (unpaired) electrons. The maximum absolute atomic E-state index is 9.72. The molecule has 2 aromatic carbocycles. The van der Waals surface area contributed by atoms with Gasteiger partial charge in [0.2, 0.25) is 5.72 Å². The second-order valence-electron chi connectivity index (χ2n) is 4.57. The molecule has 3 rings (SSSR count). The van der Waals surface area contributed by atoms with Gasteiger partial charge in [-0.05, 0) is 19.1 Å². The van der Waals surface area contributed by atoms with Gasteiger partial charge in [-0.15, -0.1) is 0 Å². The summed E-state index contributed by atoms with van der Waals surface area (Å²) < 4.78 is 5.91. The molecule has 3 nitrogen and oxygen atoms in total. The van der Waals surface area contributed by atoms with Crippen molar-refractivity contribution in [3.05, 3.63) is 59.7 Å². The molecule has 18 heavy (non-hydrogen) atoms. The number of hydrogen-bond donors (Lipinski definition) is 2. The molecule has 3 heteroatoms. The van der Waals surface area contributed by atoms with E-state index in [-0.39, 0.29) is 6.61 Å². The molecule has 1 aliphatic rings.